The second-order valence-electron chi connectivity index (χ2n) is 3.09. The van der Waals surface area contributed by atoms with Crippen molar-refractivity contribution in [2.24, 2.45) is 0 Å². The summed E-state index contributed by atoms with van der Waals surface area (Å²) in [6.45, 7) is 2.06. The molecule has 14 heavy (non-hydrogen) atoms. The largest absolute Gasteiger partial charge is 0.485 e. The van der Waals surface area contributed by atoms with E-state index >= 15 is 0 Å². The zero-order valence-electron chi connectivity index (χ0n) is 7.35. The van der Waals surface area contributed by atoms with E-state index < -0.39 is 0 Å². The van der Waals surface area contributed by atoms with Crippen molar-refractivity contribution in [3.63, 3.8) is 0 Å². The number of hydrogen-bond acceptors (Lipinski definition) is 1. The van der Waals surface area contributed by atoms with Gasteiger partial charge in [0.05, 0.1) is 3.57 Å². The SMILES string of the molecule is CC1C=Cc2cc(I)c(I)c(I)c2O1. The second-order valence-corrected chi connectivity index (χ2v) is 6.41. The lowest BCUT2D eigenvalue weighted by molar-refractivity contribution is 0.264. The lowest BCUT2D eigenvalue weighted by atomic mass is 10.1. The molecule has 0 amide bonds. The number of ether oxygens (including phenoxy) is 1. The van der Waals surface area contributed by atoms with Crippen molar-refractivity contribution in [2.75, 3.05) is 0 Å². The van der Waals surface area contributed by atoms with Crippen LogP contribution >= 0.6 is 67.8 Å². The van der Waals surface area contributed by atoms with E-state index in [0.717, 1.165) is 5.75 Å². The predicted octanol–water partition coefficient (Wildman–Crippen LogP) is 4.29. The molecule has 0 aromatic heterocycles. The van der Waals surface area contributed by atoms with Crippen LogP contribution in [0.3, 0.4) is 0 Å². The molecule has 1 aromatic carbocycles. The number of rotatable bonds is 0. The van der Waals surface area contributed by atoms with Gasteiger partial charge in [0.1, 0.15) is 11.9 Å². The van der Waals surface area contributed by atoms with Gasteiger partial charge in [0.2, 0.25) is 0 Å². The van der Waals surface area contributed by atoms with Crippen molar-refractivity contribution >= 4 is 73.8 Å². The minimum atomic E-state index is 0.187. The van der Waals surface area contributed by atoms with Crippen molar-refractivity contribution in [2.45, 2.75) is 13.0 Å². The molecule has 0 saturated heterocycles. The summed E-state index contributed by atoms with van der Waals surface area (Å²) in [5.41, 5.74) is 1.19. The molecule has 1 aromatic rings. The molecule has 1 aliphatic rings. The van der Waals surface area contributed by atoms with Crippen LogP contribution in [0.4, 0.5) is 0 Å². The van der Waals surface area contributed by atoms with Crippen molar-refractivity contribution in [1.82, 2.24) is 0 Å². The van der Waals surface area contributed by atoms with Gasteiger partial charge in [0, 0.05) is 12.7 Å². The first-order valence-electron chi connectivity index (χ1n) is 4.12. The molecule has 4 heteroatoms. The van der Waals surface area contributed by atoms with Crippen LogP contribution in [-0.4, -0.2) is 6.10 Å². The van der Waals surface area contributed by atoms with E-state index in [9.17, 15) is 0 Å². The Morgan fingerprint density at radius 2 is 1.93 bits per heavy atom. The summed E-state index contributed by atoms with van der Waals surface area (Å²) < 4.78 is 9.59. The Morgan fingerprint density at radius 3 is 2.64 bits per heavy atom. The molecule has 0 spiro atoms. The minimum Gasteiger partial charge on any atom is -0.485 e. The van der Waals surface area contributed by atoms with E-state index in [2.05, 4.69) is 92.9 Å². The second kappa shape index (κ2) is 4.44. The fourth-order valence-electron chi connectivity index (χ4n) is 1.30. The van der Waals surface area contributed by atoms with Crippen LogP contribution in [-0.2, 0) is 0 Å². The molecule has 1 heterocycles. The standard InChI is InChI=1S/C10H7I3O/c1-5-2-3-6-4-7(11)8(12)9(13)10(6)14-5/h2-5H,1H3. The van der Waals surface area contributed by atoms with Crippen LogP contribution in [0.15, 0.2) is 12.1 Å². The van der Waals surface area contributed by atoms with Gasteiger partial charge in [-0.25, -0.2) is 0 Å². The summed E-state index contributed by atoms with van der Waals surface area (Å²) in [5.74, 6) is 1.03. The molecule has 74 valence electrons. The van der Waals surface area contributed by atoms with Crippen molar-refractivity contribution in [3.05, 3.63) is 28.4 Å². The van der Waals surface area contributed by atoms with Crippen LogP contribution in [0.5, 0.6) is 5.75 Å². The van der Waals surface area contributed by atoms with Crippen molar-refractivity contribution in [3.8, 4) is 5.75 Å². The Balaban J connectivity index is 2.63. The zero-order valence-corrected chi connectivity index (χ0v) is 13.8. The van der Waals surface area contributed by atoms with E-state index in [1.54, 1.807) is 0 Å². The quantitative estimate of drug-likeness (QED) is 0.364. The monoisotopic (exact) mass is 524 g/mol. The van der Waals surface area contributed by atoms with Crippen LogP contribution in [0.2, 0.25) is 0 Å². The Kier molecular flexibility index (Phi) is 3.63. The molecule has 1 unspecified atom stereocenters. The summed E-state index contributed by atoms with van der Waals surface area (Å²) in [7, 11) is 0. The van der Waals surface area contributed by atoms with Gasteiger partial charge >= 0.3 is 0 Å². The van der Waals surface area contributed by atoms with E-state index in [0.29, 0.717) is 0 Å². The molecule has 1 aliphatic heterocycles. The average molecular weight is 524 g/mol. The van der Waals surface area contributed by atoms with E-state index in [1.807, 2.05) is 0 Å². The molecule has 1 atom stereocenters. The Bertz CT molecular complexity index is 412. The van der Waals surface area contributed by atoms with Gasteiger partial charge < -0.3 is 4.74 Å². The molecule has 0 N–H and O–H groups in total. The highest BCUT2D eigenvalue weighted by atomic mass is 127. The maximum Gasteiger partial charge on any atom is 0.141 e. The maximum absolute atomic E-state index is 5.80. The summed E-state index contributed by atoms with van der Waals surface area (Å²) in [6.07, 6.45) is 4.41. The first kappa shape index (κ1) is 11.4. The third kappa shape index (κ3) is 2.06. The highest BCUT2D eigenvalue weighted by molar-refractivity contribution is 14.1. The molecular formula is C10H7I3O. The third-order valence-electron chi connectivity index (χ3n) is 2.00. The summed E-state index contributed by atoms with van der Waals surface area (Å²) in [6, 6.07) is 2.17. The molecule has 1 nitrogen and oxygen atoms in total. The number of fused-ring (bicyclic) bond motifs is 1. The van der Waals surface area contributed by atoms with Gasteiger partial charge in [-0.2, -0.15) is 0 Å². The summed E-state index contributed by atoms with van der Waals surface area (Å²) in [5, 5.41) is 0. The Morgan fingerprint density at radius 1 is 1.21 bits per heavy atom. The summed E-state index contributed by atoms with van der Waals surface area (Å²) >= 11 is 7.07. The first-order chi connectivity index (χ1) is 6.59. The van der Waals surface area contributed by atoms with Crippen LogP contribution in [0, 0.1) is 10.7 Å². The molecule has 0 bridgehead atoms. The number of benzene rings is 1. The van der Waals surface area contributed by atoms with Gasteiger partial charge in [-0.05, 0) is 86.8 Å². The fourth-order valence-corrected chi connectivity index (χ4v) is 3.56. The lowest BCUT2D eigenvalue weighted by Gasteiger charge is -2.20. The average Bonchev–Trinajstić information content (AvgIpc) is 2.16. The first-order valence-corrected chi connectivity index (χ1v) is 7.35. The van der Waals surface area contributed by atoms with Gasteiger partial charge in [-0.3, -0.25) is 0 Å². The zero-order chi connectivity index (χ0) is 10.3. The Labute approximate surface area is 124 Å². The van der Waals surface area contributed by atoms with E-state index in [1.165, 1.54) is 16.3 Å². The number of halogens is 3. The molecular weight excluding hydrogens is 517 g/mol. The van der Waals surface area contributed by atoms with E-state index in [4.69, 9.17) is 4.74 Å². The Hall–Kier alpha value is 0.950. The fraction of sp³-hybridized carbons (Fsp3) is 0.200. The third-order valence-corrected chi connectivity index (χ3v) is 7.06. The van der Waals surface area contributed by atoms with Crippen LogP contribution < -0.4 is 4.74 Å². The van der Waals surface area contributed by atoms with Gasteiger partial charge in [-0.15, -0.1) is 0 Å². The molecule has 0 fully saturated rings. The van der Waals surface area contributed by atoms with Crippen LogP contribution in [0.25, 0.3) is 6.08 Å². The van der Waals surface area contributed by atoms with E-state index in [-0.39, 0.29) is 6.10 Å². The molecule has 0 saturated carbocycles. The smallest absolute Gasteiger partial charge is 0.141 e. The highest BCUT2D eigenvalue weighted by Crippen LogP contribution is 2.36. The maximum atomic E-state index is 5.80. The topological polar surface area (TPSA) is 9.23 Å². The van der Waals surface area contributed by atoms with Gasteiger partial charge in [-0.1, -0.05) is 6.08 Å². The van der Waals surface area contributed by atoms with Crippen molar-refractivity contribution < 1.29 is 4.74 Å². The normalized spacial score (nSPS) is 19.0. The van der Waals surface area contributed by atoms with Gasteiger partial charge in [0.25, 0.3) is 0 Å². The van der Waals surface area contributed by atoms with Crippen molar-refractivity contribution in [1.29, 1.82) is 0 Å². The highest BCUT2D eigenvalue weighted by Gasteiger charge is 2.17. The summed E-state index contributed by atoms with van der Waals surface area (Å²) in [4.78, 5) is 0. The molecule has 0 aliphatic carbocycles. The van der Waals surface area contributed by atoms with Gasteiger partial charge in [0.15, 0.2) is 0 Å². The molecule has 0 radical (unpaired) electrons. The number of hydrogen-bond donors (Lipinski definition) is 0. The minimum absolute atomic E-state index is 0.187. The molecule has 2 rings (SSSR count). The lowest BCUT2D eigenvalue weighted by Crippen LogP contribution is -2.14. The predicted molar refractivity (Wildman–Crippen MR) is 83.7 cm³/mol. The van der Waals surface area contributed by atoms with Crippen LogP contribution in [0.1, 0.15) is 12.5 Å².